The summed E-state index contributed by atoms with van der Waals surface area (Å²) in [4.78, 5) is 24.6. The molecular formula is C19H21NO3. The number of Topliss-reactive ketones (excluding diaryl/α,β-unsaturated/α-hetero) is 1. The molecule has 1 N–H and O–H groups in total. The van der Waals surface area contributed by atoms with Crippen LogP contribution in [0.4, 0.5) is 0 Å². The lowest BCUT2D eigenvalue weighted by Gasteiger charge is -2.15. The highest BCUT2D eigenvalue weighted by atomic mass is 16.5. The number of ketones is 1. The average Bonchev–Trinajstić information content (AvgIpc) is 2.56. The summed E-state index contributed by atoms with van der Waals surface area (Å²) < 4.78 is 5.11. The Morgan fingerprint density at radius 2 is 1.70 bits per heavy atom. The Morgan fingerprint density at radius 3 is 2.39 bits per heavy atom. The van der Waals surface area contributed by atoms with Crippen molar-refractivity contribution in [1.29, 1.82) is 0 Å². The lowest BCUT2D eigenvalue weighted by molar-refractivity contribution is 0.0914. The Balaban J connectivity index is 1.99. The molecule has 0 saturated carbocycles. The average molecular weight is 311 g/mol. The number of nitrogens with one attached hydrogen (secondary N) is 1. The first-order chi connectivity index (χ1) is 11.1. The van der Waals surface area contributed by atoms with Crippen LogP contribution in [0.3, 0.4) is 0 Å². The van der Waals surface area contributed by atoms with Crippen molar-refractivity contribution in [3.05, 3.63) is 71.3 Å². The molecule has 1 atom stereocenters. The molecule has 23 heavy (non-hydrogen) atoms. The van der Waals surface area contributed by atoms with Crippen LogP contribution >= 0.6 is 0 Å². The topological polar surface area (TPSA) is 55.4 Å². The zero-order valence-corrected chi connectivity index (χ0v) is 13.4. The van der Waals surface area contributed by atoms with Gasteiger partial charge in [-0.1, -0.05) is 48.5 Å². The maximum atomic E-state index is 12.4. The first kappa shape index (κ1) is 16.9. The summed E-state index contributed by atoms with van der Waals surface area (Å²) in [6.45, 7) is 2.21. The predicted molar refractivity (Wildman–Crippen MR) is 89.5 cm³/mol. The predicted octanol–water partition coefficient (Wildman–Crippen LogP) is 3.22. The molecule has 0 aliphatic heterocycles. The Labute approximate surface area is 136 Å². The molecule has 0 bridgehead atoms. The van der Waals surface area contributed by atoms with Gasteiger partial charge in [-0.2, -0.15) is 0 Å². The molecule has 0 aliphatic carbocycles. The van der Waals surface area contributed by atoms with E-state index in [1.165, 1.54) is 0 Å². The van der Waals surface area contributed by atoms with Crippen molar-refractivity contribution >= 4 is 11.7 Å². The van der Waals surface area contributed by atoms with Gasteiger partial charge in [0, 0.05) is 30.7 Å². The highest BCUT2D eigenvalue weighted by Gasteiger charge is 2.16. The van der Waals surface area contributed by atoms with Crippen LogP contribution in [0.2, 0.25) is 0 Å². The maximum Gasteiger partial charge on any atom is 0.251 e. The molecule has 0 fully saturated rings. The Kier molecular flexibility index (Phi) is 6.06. The van der Waals surface area contributed by atoms with Crippen molar-refractivity contribution < 1.29 is 14.3 Å². The molecule has 2 aromatic rings. The zero-order valence-electron chi connectivity index (χ0n) is 13.4. The SMILES string of the molecule is COCc1ccccc1C(=O)N[C@@H](C)CC(=O)c1ccccc1. The van der Waals surface area contributed by atoms with Crippen molar-refractivity contribution in [2.24, 2.45) is 0 Å². The summed E-state index contributed by atoms with van der Waals surface area (Å²) in [6, 6.07) is 16.2. The quantitative estimate of drug-likeness (QED) is 0.799. The second-order valence-corrected chi connectivity index (χ2v) is 5.46. The molecule has 0 heterocycles. The van der Waals surface area contributed by atoms with E-state index in [-0.39, 0.29) is 24.2 Å². The van der Waals surface area contributed by atoms with Crippen LogP contribution in [0.25, 0.3) is 0 Å². The lowest BCUT2D eigenvalue weighted by atomic mass is 10.0. The van der Waals surface area contributed by atoms with E-state index in [2.05, 4.69) is 5.32 Å². The largest absolute Gasteiger partial charge is 0.380 e. The molecular weight excluding hydrogens is 290 g/mol. The molecule has 0 radical (unpaired) electrons. The molecule has 0 unspecified atom stereocenters. The van der Waals surface area contributed by atoms with Crippen LogP contribution in [0.1, 0.15) is 39.6 Å². The second-order valence-electron chi connectivity index (χ2n) is 5.46. The van der Waals surface area contributed by atoms with Crippen molar-refractivity contribution in [1.82, 2.24) is 5.32 Å². The third kappa shape index (κ3) is 4.76. The van der Waals surface area contributed by atoms with E-state index >= 15 is 0 Å². The minimum Gasteiger partial charge on any atom is -0.380 e. The molecule has 0 saturated heterocycles. The third-order valence-corrected chi connectivity index (χ3v) is 3.53. The summed E-state index contributed by atoms with van der Waals surface area (Å²) in [6.07, 6.45) is 0.266. The fraction of sp³-hybridized carbons (Fsp3) is 0.263. The van der Waals surface area contributed by atoms with Crippen molar-refractivity contribution in [2.45, 2.75) is 26.0 Å². The molecule has 0 spiro atoms. The lowest BCUT2D eigenvalue weighted by Crippen LogP contribution is -2.34. The van der Waals surface area contributed by atoms with Crippen LogP contribution in [-0.4, -0.2) is 24.8 Å². The summed E-state index contributed by atoms with van der Waals surface area (Å²) in [5, 5.41) is 2.88. The Morgan fingerprint density at radius 1 is 1.04 bits per heavy atom. The van der Waals surface area contributed by atoms with Crippen molar-refractivity contribution in [2.75, 3.05) is 7.11 Å². The van der Waals surface area contributed by atoms with Crippen LogP contribution in [-0.2, 0) is 11.3 Å². The number of carbonyl (C=O) groups excluding carboxylic acids is 2. The fourth-order valence-corrected chi connectivity index (χ4v) is 2.40. The number of ether oxygens (including phenoxy) is 1. The Bertz CT molecular complexity index is 667. The van der Waals surface area contributed by atoms with Crippen molar-refractivity contribution in [3.63, 3.8) is 0 Å². The number of rotatable bonds is 7. The standard InChI is InChI=1S/C19H21NO3/c1-14(12-18(21)15-8-4-3-5-9-15)20-19(22)17-11-7-6-10-16(17)13-23-2/h3-11,14H,12-13H2,1-2H3,(H,20,22)/t14-/m0/s1. The number of amides is 1. The van der Waals surface area contributed by atoms with Gasteiger partial charge < -0.3 is 10.1 Å². The van der Waals surface area contributed by atoms with Gasteiger partial charge in [0.25, 0.3) is 5.91 Å². The van der Waals surface area contributed by atoms with E-state index in [0.717, 1.165) is 5.56 Å². The van der Waals surface area contributed by atoms with Gasteiger partial charge in [0.2, 0.25) is 0 Å². The first-order valence-electron chi connectivity index (χ1n) is 7.57. The van der Waals surface area contributed by atoms with E-state index in [4.69, 9.17) is 4.74 Å². The van der Waals surface area contributed by atoms with Gasteiger partial charge in [0.1, 0.15) is 0 Å². The smallest absolute Gasteiger partial charge is 0.251 e. The van der Waals surface area contributed by atoms with Gasteiger partial charge in [-0.05, 0) is 18.6 Å². The number of hydrogen-bond acceptors (Lipinski definition) is 3. The van der Waals surface area contributed by atoms with Crippen LogP contribution < -0.4 is 5.32 Å². The van der Waals surface area contributed by atoms with Gasteiger partial charge in [0.05, 0.1) is 6.61 Å². The second kappa shape index (κ2) is 8.25. The summed E-state index contributed by atoms with van der Waals surface area (Å²) >= 11 is 0. The van der Waals surface area contributed by atoms with Gasteiger partial charge in [-0.15, -0.1) is 0 Å². The third-order valence-electron chi connectivity index (χ3n) is 3.53. The summed E-state index contributed by atoms with van der Waals surface area (Å²) in [5.41, 5.74) is 2.07. The first-order valence-corrected chi connectivity index (χ1v) is 7.57. The van der Waals surface area contributed by atoms with E-state index in [1.54, 1.807) is 25.3 Å². The van der Waals surface area contributed by atoms with Crippen LogP contribution in [0.5, 0.6) is 0 Å². The normalized spacial score (nSPS) is 11.7. The molecule has 4 heteroatoms. The summed E-state index contributed by atoms with van der Waals surface area (Å²) in [5.74, 6) is -0.172. The summed E-state index contributed by atoms with van der Waals surface area (Å²) in [7, 11) is 1.59. The maximum absolute atomic E-state index is 12.4. The molecule has 4 nitrogen and oxygen atoms in total. The van der Waals surface area contributed by atoms with Crippen LogP contribution in [0.15, 0.2) is 54.6 Å². The van der Waals surface area contributed by atoms with E-state index in [1.807, 2.05) is 43.3 Å². The van der Waals surface area contributed by atoms with Crippen LogP contribution in [0, 0.1) is 0 Å². The number of benzene rings is 2. The number of carbonyl (C=O) groups is 2. The molecule has 2 rings (SSSR count). The van der Waals surface area contributed by atoms with E-state index in [0.29, 0.717) is 17.7 Å². The Hall–Kier alpha value is -2.46. The molecule has 0 aromatic heterocycles. The van der Waals surface area contributed by atoms with Gasteiger partial charge in [-0.25, -0.2) is 0 Å². The fourth-order valence-electron chi connectivity index (χ4n) is 2.40. The van der Waals surface area contributed by atoms with E-state index < -0.39 is 0 Å². The van der Waals surface area contributed by atoms with E-state index in [9.17, 15) is 9.59 Å². The monoisotopic (exact) mass is 311 g/mol. The van der Waals surface area contributed by atoms with Gasteiger partial charge in [-0.3, -0.25) is 9.59 Å². The molecule has 0 aliphatic rings. The molecule has 1 amide bonds. The number of hydrogen-bond donors (Lipinski definition) is 1. The highest BCUT2D eigenvalue weighted by molar-refractivity contribution is 5.98. The zero-order chi connectivity index (χ0) is 16.7. The molecule has 2 aromatic carbocycles. The molecule has 120 valence electrons. The van der Waals surface area contributed by atoms with Gasteiger partial charge in [0.15, 0.2) is 5.78 Å². The number of methoxy groups -OCH3 is 1. The van der Waals surface area contributed by atoms with Crippen molar-refractivity contribution in [3.8, 4) is 0 Å². The van der Waals surface area contributed by atoms with Gasteiger partial charge >= 0.3 is 0 Å². The minimum absolute atomic E-state index is 0.0172. The minimum atomic E-state index is -0.245. The highest BCUT2D eigenvalue weighted by Crippen LogP contribution is 2.11.